The van der Waals surface area contributed by atoms with Crippen LogP contribution in [-0.4, -0.2) is 7.69 Å². The van der Waals surface area contributed by atoms with Gasteiger partial charge in [0.2, 0.25) is 0 Å². The van der Waals surface area contributed by atoms with Crippen molar-refractivity contribution in [1.82, 2.24) is 0 Å². The molecule has 21 heavy (non-hydrogen) atoms. The normalized spacial score (nSPS) is 17.4. The molecule has 0 unspecified atom stereocenters. The van der Waals surface area contributed by atoms with Crippen molar-refractivity contribution in [2.24, 2.45) is 0 Å². The number of hydrogen-bond donors (Lipinski definition) is 0. The average molecular weight is 288 g/mol. The zero-order chi connectivity index (χ0) is 16.7. The summed E-state index contributed by atoms with van der Waals surface area (Å²) in [4.78, 5) is 0. The molecule has 0 aromatic carbocycles. The summed E-state index contributed by atoms with van der Waals surface area (Å²) in [6, 6.07) is 0. The molecule has 0 amide bonds. The molecule has 0 radical (unpaired) electrons. The molecule has 0 saturated heterocycles. The summed E-state index contributed by atoms with van der Waals surface area (Å²) in [5.74, 6) is 1.51. The van der Waals surface area contributed by atoms with Gasteiger partial charge in [0.25, 0.3) is 0 Å². The van der Waals surface area contributed by atoms with Gasteiger partial charge in [-0.05, 0) is 26.0 Å². The first-order valence-corrected chi connectivity index (χ1v) is 7.53. The van der Waals surface area contributed by atoms with Crippen LogP contribution in [0.4, 0.5) is 0 Å². The monoisotopic (exact) mass is 288 g/mol. The molecular formula is C18H29BO2. The van der Waals surface area contributed by atoms with Crippen LogP contribution in [0.1, 0.15) is 41.5 Å². The highest BCUT2D eigenvalue weighted by Gasteiger charge is 2.18. The van der Waals surface area contributed by atoms with Crippen molar-refractivity contribution in [1.29, 1.82) is 0 Å². The molecule has 0 aromatic rings. The highest BCUT2D eigenvalue weighted by atomic mass is 16.6. The second-order valence-electron chi connectivity index (χ2n) is 3.36. The number of allylic oxidation sites excluding steroid dienone is 7. The van der Waals surface area contributed by atoms with E-state index in [1.807, 2.05) is 65.8 Å². The van der Waals surface area contributed by atoms with Crippen molar-refractivity contribution in [3.63, 3.8) is 0 Å². The molecule has 0 saturated carbocycles. The van der Waals surface area contributed by atoms with E-state index in [9.17, 15) is 0 Å². The van der Waals surface area contributed by atoms with Gasteiger partial charge in [-0.2, -0.15) is 0 Å². The Morgan fingerprint density at radius 1 is 1.00 bits per heavy atom. The van der Waals surface area contributed by atoms with Crippen molar-refractivity contribution >= 4 is 7.69 Å². The maximum Gasteiger partial charge on any atom is 0.576 e. The minimum atomic E-state index is 0.189. The fourth-order valence-corrected chi connectivity index (χ4v) is 1.62. The summed E-state index contributed by atoms with van der Waals surface area (Å²) >= 11 is 0. The molecule has 0 aliphatic carbocycles. The van der Waals surface area contributed by atoms with Crippen molar-refractivity contribution in [3.05, 3.63) is 72.3 Å². The average Bonchev–Trinajstić information content (AvgIpc) is 2.71. The number of rotatable bonds is 3. The Morgan fingerprint density at radius 3 is 2.05 bits per heavy atom. The molecule has 1 aliphatic heterocycles. The molecule has 0 N–H and O–H groups in total. The Bertz CT molecular complexity index is 426. The molecule has 0 atom stereocenters. The first kappa shape index (κ1) is 21.4. The van der Waals surface area contributed by atoms with E-state index < -0.39 is 0 Å². The predicted molar refractivity (Wildman–Crippen MR) is 96.1 cm³/mol. The number of hydrogen-bond acceptors (Lipinski definition) is 2. The van der Waals surface area contributed by atoms with Crippen LogP contribution in [0.3, 0.4) is 0 Å². The predicted octanol–water partition coefficient (Wildman–Crippen LogP) is 5.38. The molecule has 116 valence electrons. The van der Waals surface area contributed by atoms with Crippen LogP contribution in [0.15, 0.2) is 72.3 Å². The van der Waals surface area contributed by atoms with E-state index in [1.165, 1.54) is 0 Å². The molecule has 1 aliphatic rings. The highest BCUT2D eigenvalue weighted by molar-refractivity contribution is 6.19. The largest absolute Gasteiger partial charge is 0.576 e. The minimum absolute atomic E-state index is 0.189. The summed E-state index contributed by atoms with van der Waals surface area (Å²) in [5.41, 5.74) is 1.89. The molecule has 2 nitrogen and oxygen atoms in total. The van der Waals surface area contributed by atoms with E-state index in [-0.39, 0.29) is 7.69 Å². The van der Waals surface area contributed by atoms with Gasteiger partial charge in [0.05, 0.1) is 0 Å². The molecule has 0 fully saturated rings. The van der Waals surface area contributed by atoms with E-state index in [4.69, 9.17) is 9.31 Å². The third kappa shape index (κ3) is 6.89. The Labute approximate surface area is 131 Å². The van der Waals surface area contributed by atoms with Crippen LogP contribution in [0.25, 0.3) is 0 Å². The summed E-state index contributed by atoms with van der Waals surface area (Å²) in [5, 5.41) is 0. The minimum Gasteiger partial charge on any atom is -0.528 e. The smallest absolute Gasteiger partial charge is 0.528 e. The zero-order valence-electron chi connectivity index (χ0n) is 14.4. The van der Waals surface area contributed by atoms with Crippen molar-refractivity contribution in [2.45, 2.75) is 41.5 Å². The third-order valence-corrected chi connectivity index (χ3v) is 2.33. The van der Waals surface area contributed by atoms with Crippen LogP contribution in [0.2, 0.25) is 0 Å². The maximum atomic E-state index is 5.54. The maximum absolute atomic E-state index is 5.54. The summed E-state index contributed by atoms with van der Waals surface area (Å²) < 4.78 is 11.1. The standard InChI is InChI=1S/C14H17BO2.2C2H6/c1-5-9-13-11(7-3)12(8-4)14(10-6-2)17-15-16-13;2*1-2/h5-10,15H,1,4H2,2-3H3;2*1-2H3/b10-6-,11-7-,13-9+;;. The van der Waals surface area contributed by atoms with Gasteiger partial charge in [0, 0.05) is 11.1 Å². The van der Waals surface area contributed by atoms with Crippen LogP contribution in [0.5, 0.6) is 0 Å². The molecule has 0 bridgehead atoms. The zero-order valence-corrected chi connectivity index (χ0v) is 14.4. The van der Waals surface area contributed by atoms with Crippen LogP contribution < -0.4 is 0 Å². The Morgan fingerprint density at radius 2 is 1.62 bits per heavy atom. The van der Waals surface area contributed by atoms with Gasteiger partial charge >= 0.3 is 7.69 Å². The van der Waals surface area contributed by atoms with Gasteiger partial charge in [-0.15, -0.1) is 0 Å². The van der Waals surface area contributed by atoms with Crippen molar-refractivity contribution in [3.8, 4) is 0 Å². The van der Waals surface area contributed by atoms with Gasteiger partial charge in [-0.25, -0.2) is 0 Å². The summed E-state index contributed by atoms with van der Waals surface area (Å²) in [6.45, 7) is 19.4. The van der Waals surface area contributed by atoms with Gasteiger partial charge in [0.1, 0.15) is 11.5 Å². The molecular weight excluding hydrogens is 259 g/mol. The molecule has 0 aromatic heterocycles. The second kappa shape index (κ2) is 14.5. The summed E-state index contributed by atoms with van der Waals surface area (Å²) in [7, 11) is 0.189. The fraction of sp³-hybridized carbons (Fsp3) is 0.333. The van der Waals surface area contributed by atoms with Crippen molar-refractivity contribution < 1.29 is 9.31 Å². The van der Waals surface area contributed by atoms with E-state index in [1.54, 1.807) is 12.2 Å². The van der Waals surface area contributed by atoms with E-state index in [0.717, 1.165) is 22.7 Å². The molecule has 1 heterocycles. The Balaban J connectivity index is 0. The fourth-order valence-electron chi connectivity index (χ4n) is 1.62. The van der Waals surface area contributed by atoms with E-state index >= 15 is 0 Å². The van der Waals surface area contributed by atoms with E-state index in [0.29, 0.717) is 0 Å². The lowest BCUT2D eigenvalue weighted by atomic mass is 10.0. The van der Waals surface area contributed by atoms with Gasteiger partial charge in [-0.1, -0.05) is 65.2 Å². The lowest BCUT2D eigenvalue weighted by Crippen LogP contribution is -2.00. The molecule has 1 rings (SSSR count). The SMILES string of the molecule is C=C/C=C1OBOC(/C=C\C)=C(C=C)C/1=C/C.CC.CC. The van der Waals surface area contributed by atoms with Crippen LogP contribution in [-0.2, 0) is 9.31 Å². The first-order chi connectivity index (χ1) is 10.3. The third-order valence-electron chi connectivity index (χ3n) is 2.33. The molecule has 3 heteroatoms. The van der Waals surface area contributed by atoms with Crippen molar-refractivity contribution in [2.75, 3.05) is 0 Å². The van der Waals surface area contributed by atoms with Gasteiger partial charge < -0.3 is 9.31 Å². The van der Waals surface area contributed by atoms with Gasteiger partial charge in [-0.3, -0.25) is 0 Å². The highest BCUT2D eigenvalue weighted by Crippen LogP contribution is 2.28. The molecule has 0 spiro atoms. The lowest BCUT2D eigenvalue weighted by Gasteiger charge is -2.09. The van der Waals surface area contributed by atoms with E-state index in [2.05, 4.69) is 13.2 Å². The summed E-state index contributed by atoms with van der Waals surface area (Å²) in [6.07, 6.45) is 11.1. The Kier molecular flexibility index (Phi) is 14.8. The topological polar surface area (TPSA) is 18.5 Å². The Hall–Kier alpha value is -1.90. The first-order valence-electron chi connectivity index (χ1n) is 7.53. The lowest BCUT2D eigenvalue weighted by molar-refractivity contribution is 0.348. The second-order valence-corrected chi connectivity index (χ2v) is 3.36. The van der Waals surface area contributed by atoms with Gasteiger partial charge in [0.15, 0.2) is 0 Å². The van der Waals surface area contributed by atoms with Crippen LogP contribution in [0, 0.1) is 0 Å². The quantitative estimate of drug-likeness (QED) is 0.649. The van der Waals surface area contributed by atoms with Crippen LogP contribution >= 0.6 is 0 Å².